The maximum absolute atomic E-state index is 14.6. The third-order valence-corrected chi connectivity index (χ3v) is 6.62. The summed E-state index contributed by atoms with van der Waals surface area (Å²) in [5, 5.41) is 2.86. The fraction of sp³-hybridized carbons (Fsp3) is 0.579. The first-order chi connectivity index (χ1) is 13.5. The molecule has 0 spiro atoms. The van der Waals surface area contributed by atoms with Crippen LogP contribution >= 0.6 is 0 Å². The van der Waals surface area contributed by atoms with E-state index in [9.17, 15) is 18.2 Å². The number of anilines is 2. The molecule has 0 bridgehead atoms. The first-order valence-electron chi connectivity index (χ1n) is 9.66. The zero-order chi connectivity index (χ0) is 19.7. The zero-order valence-corrected chi connectivity index (χ0v) is 16.4. The Morgan fingerprint density at radius 2 is 2.04 bits per heavy atom. The second-order valence-electron chi connectivity index (χ2n) is 7.44. The van der Waals surface area contributed by atoms with E-state index in [-0.39, 0.29) is 17.9 Å². The summed E-state index contributed by atoms with van der Waals surface area (Å²) in [6, 6.07) is 4.72. The molecule has 2 aliphatic heterocycles. The van der Waals surface area contributed by atoms with Crippen LogP contribution < -0.4 is 15.1 Å². The SMILES string of the molecule is O=C(NCC[C@H]1CN(c2ccc(N3CCS(=O)CC3)c(F)c2)C(=O)O1)C1CC1. The second-order valence-corrected chi connectivity index (χ2v) is 9.14. The van der Waals surface area contributed by atoms with E-state index in [1.165, 1.54) is 11.0 Å². The van der Waals surface area contributed by atoms with E-state index in [2.05, 4.69) is 5.32 Å². The molecule has 2 saturated heterocycles. The van der Waals surface area contributed by atoms with Gasteiger partial charge in [-0.15, -0.1) is 0 Å². The summed E-state index contributed by atoms with van der Waals surface area (Å²) in [6.07, 6.45) is 1.61. The summed E-state index contributed by atoms with van der Waals surface area (Å²) in [4.78, 5) is 27.1. The van der Waals surface area contributed by atoms with Gasteiger partial charge >= 0.3 is 6.09 Å². The Labute approximate surface area is 165 Å². The predicted molar refractivity (Wildman–Crippen MR) is 104 cm³/mol. The molecular weight excluding hydrogens is 385 g/mol. The topological polar surface area (TPSA) is 79.0 Å². The average Bonchev–Trinajstić information content (AvgIpc) is 3.46. The third kappa shape index (κ3) is 4.29. The van der Waals surface area contributed by atoms with Crippen LogP contribution in [0.2, 0.25) is 0 Å². The fourth-order valence-electron chi connectivity index (χ4n) is 3.53. The van der Waals surface area contributed by atoms with Crippen LogP contribution in [0, 0.1) is 11.7 Å². The molecular formula is C19H24FN3O4S. The molecule has 152 valence electrons. The summed E-state index contributed by atoms with van der Waals surface area (Å²) in [6.45, 7) is 1.91. The van der Waals surface area contributed by atoms with E-state index in [4.69, 9.17) is 4.74 Å². The molecule has 3 aliphatic rings. The Balaban J connectivity index is 1.34. The Bertz CT molecular complexity index is 791. The summed E-state index contributed by atoms with van der Waals surface area (Å²) in [7, 11) is -0.822. The molecule has 3 fully saturated rings. The summed E-state index contributed by atoms with van der Waals surface area (Å²) >= 11 is 0. The maximum atomic E-state index is 14.6. The zero-order valence-electron chi connectivity index (χ0n) is 15.6. The van der Waals surface area contributed by atoms with E-state index in [0.717, 1.165) is 12.8 Å². The highest BCUT2D eigenvalue weighted by molar-refractivity contribution is 7.85. The highest BCUT2D eigenvalue weighted by Crippen LogP contribution is 2.30. The van der Waals surface area contributed by atoms with Gasteiger partial charge < -0.3 is 15.0 Å². The third-order valence-electron chi connectivity index (χ3n) is 5.35. The average molecular weight is 409 g/mol. The number of nitrogens with one attached hydrogen (secondary N) is 1. The molecule has 1 N–H and O–H groups in total. The van der Waals surface area contributed by atoms with E-state index in [0.29, 0.717) is 55.5 Å². The van der Waals surface area contributed by atoms with Gasteiger partial charge in [-0.2, -0.15) is 0 Å². The number of carbonyl (C=O) groups excluding carboxylic acids is 2. The van der Waals surface area contributed by atoms with Crippen LogP contribution in [0.4, 0.5) is 20.6 Å². The molecule has 1 aromatic carbocycles. The molecule has 9 heteroatoms. The number of nitrogens with zero attached hydrogens (tertiary/aromatic N) is 2. The van der Waals surface area contributed by atoms with Crippen LogP contribution in [0.3, 0.4) is 0 Å². The van der Waals surface area contributed by atoms with Crippen LogP contribution in [0.1, 0.15) is 19.3 Å². The number of carbonyl (C=O) groups is 2. The van der Waals surface area contributed by atoms with Crippen molar-refractivity contribution in [2.45, 2.75) is 25.4 Å². The van der Waals surface area contributed by atoms with Gasteiger partial charge in [0.15, 0.2) is 0 Å². The minimum absolute atomic E-state index is 0.0698. The minimum Gasteiger partial charge on any atom is -0.444 e. The summed E-state index contributed by atoms with van der Waals surface area (Å²) in [5.41, 5.74) is 0.920. The number of hydrogen-bond acceptors (Lipinski definition) is 5. The lowest BCUT2D eigenvalue weighted by atomic mass is 10.2. The molecule has 1 aliphatic carbocycles. The Morgan fingerprint density at radius 3 is 2.71 bits per heavy atom. The lowest BCUT2D eigenvalue weighted by Gasteiger charge is -2.29. The Hall–Kier alpha value is -2.16. The van der Waals surface area contributed by atoms with Crippen molar-refractivity contribution in [3.05, 3.63) is 24.0 Å². The first kappa shape index (κ1) is 19.2. The van der Waals surface area contributed by atoms with Crippen molar-refractivity contribution in [2.24, 2.45) is 5.92 Å². The smallest absolute Gasteiger partial charge is 0.414 e. The quantitative estimate of drug-likeness (QED) is 0.773. The molecule has 1 atom stereocenters. The monoisotopic (exact) mass is 409 g/mol. The summed E-state index contributed by atoms with van der Waals surface area (Å²) < 4.78 is 31.5. The van der Waals surface area contributed by atoms with E-state index in [1.807, 2.05) is 4.90 Å². The molecule has 0 radical (unpaired) electrons. The molecule has 4 rings (SSSR count). The van der Waals surface area contributed by atoms with E-state index in [1.54, 1.807) is 12.1 Å². The van der Waals surface area contributed by atoms with Crippen molar-refractivity contribution < 1.29 is 22.9 Å². The Morgan fingerprint density at radius 1 is 1.29 bits per heavy atom. The number of benzene rings is 1. The van der Waals surface area contributed by atoms with Crippen LogP contribution in [-0.2, 0) is 20.3 Å². The highest BCUT2D eigenvalue weighted by atomic mass is 32.2. The molecule has 7 nitrogen and oxygen atoms in total. The molecule has 2 amide bonds. The van der Waals surface area contributed by atoms with Gasteiger partial charge in [0.05, 0.1) is 17.9 Å². The van der Waals surface area contributed by atoms with Gasteiger partial charge in [-0.05, 0) is 31.0 Å². The fourth-order valence-corrected chi connectivity index (χ4v) is 4.58. The number of cyclic esters (lactones) is 1. The number of hydrogen-bond donors (Lipinski definition) is 1. The van der Waals surface area contributed by atoms with Crippen LogP contribution in [-0.4, -0.2) is 60.0 Å². The number of amides is 2. The van der Waals surface area contributed by atoms with E-state index < -0.39 is 22.7 Å². The van der Waals surface area contributed by atoms with Crippen molar-refractivity contribution in [3.8, 4) is 0 Å². The van der Waals surface area contributed by atoms with Gasteiger partial charge in [0, 0.05) is 54.3 Å². The molecule has 0 unspecified atom stereocenters. The second kappa shape index (κ2) is 8.06. The number of halogens is 1. The van der Waals surface area contributed by atoms with Crippen molar-refractivity contribution in [3.63, 3.8) is 0 Å². The number of rotatable bonds is 6. The molecule has 2 heterocycles. The molecule has 1 saturated carbocycles. The maximum Gasteiger partial charge on any atom is 0.414 e. The van der Waals surface area contributed by atoms with Gasteiger partial charge in [-0.25, -0.2) is 9.18 Å². The van der Waals surface area contributed by atoms with Gasteiger partial charge in [0.25, 0.3) is 0 Å². The normalized spacial score (nSPS) is 23.0. The lowest BCUT2D eigenvalue weighted by Crippen LogP contribution is -2.38. The highest BCUT2D eigenvalue weighted by Gasteiger charge is 2.34. The van der Waals surface area contributed by atoms with Gasteiger partial charge in [-0.1, -0.05) is 0 Å². The Kier molecular flexibility index (Phi) is 5.52. The van der Waals surface area contributed by atoms with Crippen LogP contribution in [0.25, 0.3) is 0 Å². The lowest BCUT2D eigenvalue weighted by molar-refractivity contribution is -0.122. The van der Waals surface area contributed by atoms with Gasteiger partial charge in [0.2, 0.25) is 5.91 Å². The molecule has 0 aromatic heterocycles. The van der Waals surface area contributed by atoms with Gasteiger partial charge in [-0.3, -0.25) is 13.9 Å². The van der Waals surface area contributed by atoms with Crippen molar-refractivity contribution in [1.29, 1.82) is 0 Å². The standard InChI is InChI=1S/C19H24FN3O4S/c20-16-11-14(3-4-17(16)22-7-9-28(26)10-8-22)23-12-15(27-19(23)25)5-6-21-18(24)13-1-2-13/h3-4,11,13,15H,1-2,5-10,12H2,(H,21,24)/t15-/m0/s1. The largest absolute Gasteiger partial charge is 0.444 e. The summed E-state index contributed by atoms with van der Waals surface area (Å²) in [5.74, 6) is 0.902. The number of ether oxygens (including phenoxy) is 1. The van der Waals surface area contributed by atoms with Crippen LogP contribution in [0.15, 0.2) is 18.2 Å². The van der Waals surface area contributed by atoms with E-state index >= 15 is 0 Å². The van der Waals surface area contributed by atoms with Crippen molar-refractivity contribution >= 4 is 34.2 Å². The first-order valence-corrected chi connectivity index (χ1v) is 11.2. The molecule has 28 heavy (non-hydrogen) atoms. The minimum atomic E-state index is -0.822. The van der Waals surface area contributed by atoms with Crippen molar-refractivity contribution in [1.82, 2.24) is 5.32 Å². The predicted octanol–water partition coefficient (Wildman–Crippen LogP) is 1.64. The van der Waals surface area contributed by atoms with Crippen LogP contribution in [0.5, 0.6) is 0 Å². The molecule has 1 aromatic rings. The van der Waals surface area contributed by atoms with Crippen molar-refractivity contribution in [2.75, 3.05) is 47.5 Å². The van der Waals surface area contributed by atoms with Gasteiger partial charge in [0.1, 0.15) is 11.9 Å².